The van der Waals surface area contributed by atoms with E-state index in [4.69, 9.17) is 4.74 Å². The van der Waals surface area contributed by atoms with Crippen LogP contribution in [0.1, 0.15) is 41.9 Å². The number of aromatic nitrogens is 2. The predicted octanol–water partition coefficient (Wildman–Crippen LogP) is 2.76. The Morgan fingerprint density at radius 3 is 2.93 bits per heavy atom. The molecule has 144 valence electrons. The molecular weight excluding hydrogens is 340 g/mol. The van der Waals surface area contributed by atoms with Crippen LogP contribution in [0.3, 0.4) is 0 Å². The van der Waals surface area contributed by atoms with Crippen molar-refractivity contribution in [3.63, 3.8) is 0 Å². The highest BCUT2D eigenvalue weighted by Crippen LogP contribution is 2.27. The van der Waals surface area contributed by atoms with Gasteiger partial charge in [0.1, 0.15) is 5.82 Å². The Hall–Kier alpha value is -2.34. The lowest BCUT2D eigenvalue weighted by Crippen LogP contribution is -2.40. The number of hydrogen-bond acceptors (Lipinski definition) is 4. The SMILES string of the molecule is CCn1ccnc1[C@H]1CCCN(C(=O)c2cccc(N3CCOCC3)c2)C1. The molecule has 2 fully saturated rings. The zero-order chi connectivity index (χ0) is 18.6. The Morgan fingerprint density at radius 1 is 1.26 bits per heavy atom. The first-order valence-corrected chi connectivity index (χ1v) is 9.99. The lowest BCUT2D eigenvalue weighted by molar-refractivity contribution is 0.0703. The van der Waals surface area contributed by atoms with Gasteiger partial charge in [-0.1, -0.05) is 6.07 Å². The van der Waals surface area contributed by atoms with Crippen LogP contribution in [0.4, 0.5) is 5.69 Å². The first kappa shape index (κ1) is 18.0. The molecule has 2 aliphatic heterocycles. The summed E-state index contributed by atoms with van der Waals surface area (Å²) in [6.45, 7) is 7.87. The summed E-state index contributed by atoms with van der Waals surface area (Å²) in [7, 11) is 0. The fraction of sp³-hybridized carbons (Fsp3) is 0.524. The molecule has 2 saturated heterocycles. The largest absolute Gasteiger partial charge is 0.378 e. The number of likely N-dealkylation sites (tertiary alicyclic amines) is 1. The van der Waals surface area contributed by atoms with E-state index in [1.807, 2.05) is 35.5 Å². The maximum absolute atomic E-state index is 13.2. The maximum atomic E-state index is 13.2. The minimum Gasteiger partial charge on any atom is -0.378 e. The molecule has 0 bridgehead atoms. The number of aryl methyl sites for hydroxylation is 1. The molecule has 0 spiro atoms. The lowest BCUT2D eigenvalue weighted by Gasteiger charge is -2.33. The Bertz CT molecular complexity index is 782. The Labute approximate surface area is 160 Å². The number of hydrogen-bond donors (Lipinski definition) is 0. The molecule has 3 heterocycles. The second kappa shape index (κ2) is 8.13. The fourth-order valence-corrected chi connectivity index (χ4v) is 4.16. The molecule has 2 aromatic rings. The number of piperidine rings is 1. The maximum Gasteiger partial charge on any atom is 0.253 e. The number of ether oxygens (including phenoxy) is 1. The molecule has 0 aliphatic carbocycles. The van der Waals surface area contributed by atoms with Crippen molar-refractivity contribution < 1.29 is 9.53 Å². The third kappa shape index (κ3) is 3.86. The van der Waals surface area contributed by atoms with E-state index in [0.717, 1.165) is 75.9 Å². The Balaban J connectivity index is 1.49. The zero-order valence-electron chi connectivity index (χ0n) is 16.0. The molecule has 6 heteroatoms. The first-order valence-electron chi connectivity index (χ1n) is 9.99. The van der Waals surface area contributed by atoms with E-state index in [0.29, 0.717) is 5.92 Å². The zero-order valence-corrected chi connectivity index (χ0v) is 16.0. The molecule has 0 unspecified atom stereocenters. The minimum atomic E-state index is 0.129. The quantitative estimate of drug-likeness (QED) is 0.833. The van der Waals surface area contributed by atoms with Gasteiger partial charge in [0.25, 0.3) is 5.91 Å². The summed E-state index contributed by atoms with van der Waals surface area (Å²) < 4.78 is 7.63. The van der Waals surface area contributed by atoms with Crippen LogP contribution in [0.25, 0.3) is 0 Å². The molecule has 1 aromatic carbocycles. The molecule has 0 radical (unpaired) electrons. The van der Waals surface area contributed by atoms with Crippen LogP contribution in [0, 0.1) is 0 Å². The number of benzene rings is 1. The number of anilines is 1. The van der Waals surface area contributed by atoms with Gasteiger partial charge in [-0.05, 0) is 38.0 Å². The summed E-state index contributed by atoms with van der Waals surface area (Å²) in [5.74, 6) is 1.56. The molecule has 1 aromatic heterocycles. The van der Waals surface area contributed by atoms with Crippen LogP contribution in [-0.4, -0.2) is 59.8 Å². The van der Waals surface area contributed by atoms with Gasteiger partial charge in [-0.3, -0.25) is 4.79 Å². The highest BCUT2D eigenvalue weighted by atomic mass is 16.5. The van der Waals surface area contributed by atoms with Crippen molar-refractivity contribution in [1.82, 2.24) is 14.5 Å². The van der Waals surface area contributed by atoms with Gasteiger partial charge in [-0.25, -0.2) is 4.98 Å². The van der Waals surface area contributed by atoms with Crippen LogP contribution >= 0.6 is 0 Å². The monoisotopic (exact) mass is 368 g/mol. The van der Waals surface area contributed by atoms with E-state index in [1.165, 1.54) is 0 Å². The van der Waals surface area contributed by atoms with Crippen molar-refractivity contribution in [3.05, 3.63) is 48.0 Å². The van der Waals surface area contributed by atoms with E-state index in [-0.39, 0.29) is 5.91 Å². The summed E-state index contributed by atoms with van der Waals surface area (Å²) in [4.78, 5) is 22.0. The predicted molar refractivity (Wildman–Crippen MR) is 105 cm³/mol. The van der Waals surface area contributed by atoms with Crippen molar-refractivity contribution in [2.45, 2.75) is 32.2 Å². The average molecular weight is 368 g/mol. The second-order valence-corrected chi connectivity index (χ2v) is 7.31. The van der Waals surface area contributed by atoms with Gasteiger partial charge >= 0.3 is 0 Å². The third-order valence-electron chi connectivity index (χ3n) is 5.63. The summed E-state index contributed by atoms with van der Waals surface area (Å²) in [6.07, 6.45) is 6.01. The van der Waals surface area contributed by atoms with E-state index in [1.54, 1.807) is 0 Å². The lowest BCUT2D eigenvalue weighted by atomic mass is 9.96. The van der Waals surface area contributed by atoms with Gasteiger partial charge in [0, 0.05) is 62.3 Å². The summed E-state index contributed by atoms with van der Waals surface area (Å²) in [5.41, 5.74) is 1.89. The molecule has 4 rings (SSSR count). The molecular formula is C21H28N4O2. The smallest absolute Gasteiger partial charge is 0.253 e. The van der Waals surface area contributed by atoms with E-state index in [2.05, 4.69) is 27.4 Å². The number of imidazole rings is 1. The summed E-state index contributed by atoms with van der Waals surface area (Å²) in [6, 6.07) is 8.04. The topological polar surface area (TPSA) is 50.6 Å². The van der Waals surface area contributed by atoms with Crippen molar-refractivity contribution in [3.8, 4) is 0 Å². The van der Waals surface area contributed by atoms with Crippen molar-refractivity contribution in [1.29, 1.82) is 0 Å². The molecule has 1 atom stereocenters. The van der Waals surface area contributed by atoms with Crippen molar-refractivity contribution in [2.24, 2.45) is 0 Å². The Kier molecular flexibility index (Phi) is 5.43. The molecule has 1 amide bonds. The average Bonchev–Trinajstić information content (AvgIpc) is 3.23. The van der Waals surface area contributed by atoms with Crippen LogP contribution in [0.5, 0.6) is 0 Å². The number of carbonyl (C=O) groups is 1. The van der Waals surface area contributed by atoms with Gasteiger partial charge in [-0.2, -0.15) is 0 Å². The summed E-state index contributed by atoms with van der Waals surface area (Å²) in [5, 5.41) is 0. The minimum absolute atomic E-state index is 0.129. The number of nitrogens with zero attached hydrogens (tertiary/aromatic N) is 4. The first-order chi connectivity index (χ1) is 13.3. The van der Waals surface area contributed by atoms with E-state index in [9.17, 15) is 4.79 Å². The Morgan fingerprint density at radius 2 is 2.11 bits per heavy atom. The van der Waals surface area contributed by atoms with Gasteiger partial charge in [0.2, 0.25) is 0 Å². The molecule has 0 saturated carbocycles. The molecule has 27 heavy (non-hydrogen) atoms. The fourth-order valence-electron chi connectivity index (χ4n) is 4.16. The van der Waals surface area contributed by atoms with Crippen LogP contribution in [0.2, 0.25) is 0 Å². The van der Waals surface area contributed by atoms with Gasteiger partial charge in [0.05, 0.1) is 13.2 Å². The molecule has 0 N–H and O–H groups in total. The number of morpholine rings is 1. The number of rotatable bonds is 4. The normalized spacial score (nSPS) is 20.7. The number of amides is 1. The second-order valence-electron chi connectivity index (χ2n) is 7.31. The van der Waals surface area contributed by atoms with E-state index >= 15 is 0 Å². The van der Waals surface area contributed by atoms with Gasteiger partial charge in [0.15, 0.2) is 0 Å². The molecule has 2 aliphatic rings. The highest BCUT2D eigenvalue weighted by Gasteiger charge is 2.28. The van der Waals surface area contributed by atoms with Crippen LogP contribution in [0.15, 0.2) is 36.7 Å². The van der Waals surface area contributed by atoms with Crippen molar-refractivity contribution >= 4 is 11.6 Å². The number of carbonyl (C=O) groups excluding carboxylic acids is 1. The van der Waals surface area contributed by atoms with Crippen molar-refractivity contribution in [2.75, 3.05) is 44.3 Å². The van der Waals surface area contributed by atoms with E-state index < -0.39 is 0 Å². The standard InChI is InChI=1S/C21H28N4O2/c1-2-23-10-8-22-20(23)18-6-4-9-25(16-18)21(26)17-5-3-7-19(15-17)24-11-13-27-14-12-24/h3,5,7-8,10,15,18H,2,4,6,9,11-14,16H2,1H3/t18-/m0/s1. The third-order valence-corrected chi connectivity index (χ3v) is 5.63. The van der Waals surface area contributed by atoms with Crippen LogP contribution in [-0.2, 0) is 11.3 Å². The van der Waals surface area contributed by atoms with Crippen LogP contribution < -0.4 is 4.90 Å². The molecule has 6 nitrogen and oxygen atoms in total. The highest BCUT2D eigenvalue weighted by molar-refractivity contribution is 5.95. The van der Waals surface area contributed by atoms with Gasteiger partial charge in [-0.15, -0.1) is 0 Å². The summed E-state index contributed by atoms with van der Waals surface area (Å²) >= 11 is 0. The van der Waals surface area contributed by atoms with Gasteiger partial charge < -0.3 is 19.1 Å².